The van der Waals surface area contributed by atoms with E-state index >= 15 is 0 Å². The van der Waals surface area contributed by atoms with Crippen molar-refractivity contribution in [3.8, 4) is 11.3 Å². The van der Waals surface area contributed by atoms with Crippen LogP contribution in [0.25, 0.3) is 21.3 Å². The zero-order chi connectivity index (χ0) is 28.0. The third kappa shape index (κ3) is 5.03. The van der Waals surface area contributed by atoms with E-state index in [-0.39, 0.29) is 6.04 Å². The number of hydrogen-bond donors (Lipinski definition) is 1. The first-order chi connectivity index (χ1) is 18.6. The molecule has 202 valence electrons. The van der Waals surface area contributed by atoms with E-state index in [1.807, 2.05) is 11.3 Å². The summed E-state index contributed by atoms with van der Waals surface area (Å²) in [5.41, 5.74) is 11.4. The summed E-state index contributed by atoms with van der Waals surface area (Å²) in [6, 6.07) is 19.9. The maximum absolute atomic E-state index is 5.40. The Kier molecular flexibility index (Phi) is 7.43. The van der Waals surface area contributed by atoms with Crippen molar-refractivity contribution in [3.63, 3.8) is 0 Å². The second kappa shape index (κ2) is 10.7. The van der Waals surface area contributed by atoms with Gasteiger partial charge in [-0.15, -0.1) is 11.3 Å². The molecule has 0 bridgehead atoms. The third-order valence-electron chi connectivity index (χ3n) is 7.89. The van der Waals surface area contributed by atoms with Crippen LogP contribution in [0, 0.1) is 27.7 Å². The Morgan fingerprint density at radius 1 is 0.821 bits per heavy atom. The summed E-state index contributed by atoms with van der Waals surface area (Å²) in [6.07, 6.45) is 2.21. The fourth-order valence-electron chi connectivity index (χ4n) is 6.13. The Bertz CT molecular complexity index is 1600. The molecule has 2 heterocycles. The van der Waals surface area contributed by atoms with Crippen LogP contribution in [0.4, 0.5) is 5.69 Å². The molecule has 39 heavy (non-hydrogen) atoms. The SMILES string of the molecule is Cc1cc(C)c(C(Nc2c(C(C)C)cccc2C(C)C)c2nc(-c3c(C)sc4ccccc34)cn2C)c(C)c1. The van der Waals surface area contributed by atoms with Crippen LogP contribution >= 0.6 is 11.3 Å². The molecule has 0 aliphatic heterocycles. The van der Waals surface area contributed by atoms with Gasteiger partial charge in [0.15, 0.2) is 0 Å². The molecule has 2 aromatic heterocycles. The van der Waals surface area contributed by atoms with Crippen LogP contribution in [0.15, 0.2) is 60.8 Å². The summed E-state index contributed by atoms with van der Waals surface area (Å²) in [5, 5.41) is 5.36. The molecular formula is C35H41N3S. The monoisotopic (exact) mass is 535 g/mol. The number of aromatic nitrogens is 2. The lowest BCUT2D eigenvalue weighted by atomic mass is 9.89. The summed E-state index contributed by atoms with van der Waals surface area (Å²) in [5.74, 6) is 1.84. The van der Waals surface area contributed by atoms with Crippen LogP contribution in [0.3, 0.4) is 0 Å². The Morgan fingerprint density at radius 2 is 1.44 bits per heavy atom. The fourth-order valence-corrected chi connectivity index (χ4v) is 7.20. The highest BCUT2D eigenvalue weighted by molar-refractivity contribution is 7.19. The van der Waals surface area contributed by atoms with Crippen molar-refractivity contribution >= 4 is 27.1 Å². The zero-order valence-corrected chi connectivity index (χ0v) is 25.6. The molecule has 5 aromatic rings. The number of imidazole rings is 1. The van der Waals surface area contributed by atoms with Crippen LogP contribution in [-0.4, -0.2) is 9.55 Å². The largest absolute Gasteiger partial charge is 0.371 e. The van der Waals surface area contributed by atoms with Crippen molar-refractivity contribution in [2.45, 2.75) is 73.3 Å². The minimum absolute atomic E-state index is 0.0908. The topological polar surface area (TPSA) is 29.9 Å². The first kappa shape index (κ1) is 27.2. The first-order valence-electron chi connectivity index (χ1n) is 14.1. The van der Waals surface area contributed by atoms with Gasteiger partial charge in [0.05, 0.1) is 5.69 Å². The molecule has 0 spiro atoms. The quantitative estimate of drug-likeness (QED) is 0.225. The van der Waals surface area contributed by atoms with E-state index in [2.05, 4.69) is 133 Å². The molecule has 1 atom stereocenters. The Balaban J connectivity index is 1.74. The Hall–Kier alpha value is -3.37. The minimum Gasteiger partial charge on any atom is -0.371 e. The Labute approximate surface area is 237 Å². The molecule has 0 radical (unpaired) electrons. The summed E-state index contributed by atoms with van der Waals surface area (Å²) in [4.78, 5) is 6.70. The summed E-state index contributed by atoms with van der Waals surface area (Å²) >= 11 is 1.85. The lowest BCUT2D eigenvalue weighted by Crippen LogP contribution is -2.21. The summed E-state index contributed by atoms with van der Waals surface area (Å²) in [6.45, 7) is 18.0. The van der Waals surface area contributed by atoms with Crippen molar-refractivity contribution in [2.75, 3.05) is 5.32 Å². The molecule has 3 aromatic carbocycles. The predicted molar refractivity (Wildman–Crippen MR) is 170 cm³/mol. The lowest BCUT2D eigenvalue weighted by Gasteiger charge is -2.28. The molecule has 5 rings (SSSR count). The van der Waals surface area contributed by atoms with Gasteiger partial charge in [-0.1, -0.05) is 81.8 Å². The first-order valence-corrected chi connectivity index (χ1v) is 14.9. The van der Waals surface area contributed by atoms with Gasteiger partial charge in [0.25, 0.3) is 0 Å². The standard InChI is InChI=1S/C35H41N3S/c1-20(2)26-14-12-15-27(21(3)4)33(26)37-34(31-23(6)17-22(5)18-24(31)7)35-36-29(19-38(35)9)32-25(8)39-30-16-11-10-13-28(30)32/h10-21,34,37H,1-9H3. The number of fused-ring (bicyclic) bond motifs is 1. The van der Waals surface area contributed by atoms with E-state index in [9.17, 15) is 0 Å². The molecule has 0 fully saturated rings. The van der Waals surface area contributed by atoms with Crippen molar-refractivity contribution in [1.29, 1.82) is 0 Å². The van der Waals surface area contributed by atoms with E-state index in [0.29, 0.717) is 11.8 Å². The second-order valence-corrected chi connectivity index (χ2v) is 12.9. The molecule has 1 N–H and O–H groups in total. The number of nitrogens with zero attached hydrogens (tertiary/aromatic N) is 2. The van der Waals surface area contributed by atoms with Gasteiger partial charge in [-0.3, -0.25) is 0 Å². The van der Waals surface area contributed by atoms with Gasteiger partial charge < -0.3 is 9.88 Å². The van der Waals surface area contributed by atoms with Crippen molar-refractivity contribution in [2.24, 2.45) is 7.05 Å². The van der Waals surface area contributed by atoms with E-state index in [1.165, 1.54) is 59.6 Å². The molecule has 4 heteroatoms. The van der Waals surface area contributed by atoms with Gasteiger partial charge >= 0.3 is 0 Å². The van der Waals surface area contributed by atoms with E-state index in [1.54, 1.807) is 0 Å². The van der Waals surface area contributed by atoms with Crippen molar-refractivity contribution in [1.82, 2.24) is 9.55 Å². The van der Waals surface area contributed by atoms with Gasteiger partial charge in [-0.05, 0) is 73.4 Å². The van der Waals surface area contributed by atoms with E-state index < -0.39 is 0 Å². The number of rotatable bonds is 7. The maximum Gasteiger partial charge on any atom is 0.136 e. The van der Waals surface area contributed by atoms with Gasteiger partial charge in [0, 0.05) is 39.5 Å². The number of hydrogen-bond acceptors (Lipinski definition) is 3. The summed E-state index contributed by atoms with van der Waals surface area (Å²) in [7, 11) is 2.14. The van der Waals surface area contributed by atoms with Gasteiger partial charge in [-0.25, -0.2) is 4.98 Å². The molecule has 0 saturated heterocycles. The van der Waals surface area contributed by atoms with E-state index in [0.717, 1.165) is 11.5 Å². The van der Waals surface area contributed by atoms with Crippen molar-refractivity contribution in [3.05, 3.63) is 105 Å². The van der Waals surface area contributed by atoms with Crippen LogP contribution in [0.5, 0.6) is 0 Å². The number of thiophene rings is 1. The number of aryl methyl sites for hydroxylation is 5. The zero-order valence-electron chi connectivity index (χ0n) is 24.8. The molecule has 0 amide bonds. The van der Waals surface area contributed by atoms with Crippen LogP contribution in [0.2, 0.25) is 0 Å². The Morgan fingerprint density at radius 3 is 2.05 bits per heavy atom. The number of nitrogens with one attached hydrogen (secondary N) is 1. The number of anilines is 1. The highest BCUT2D eigenvalue weighted by Crippen LogP contribution is 2.41. The fraction of sp³-hybridized carbons (Fsp3) is 0.343. The number of benzene rings is 3. The smallest absolute Gasteiger partial charge is 0.136 e. The highest BCUT2D eigenvalue weighted by atomic mass is 32.1. The average Bonchev–Trinajstić information content (AvgIpc) is 3.40. The number of para-hydroxylation sites is 1. The van der Waals surface area contributed by atoms with Gasteiger partial charge in [-0.2, -0.15) is 0 Å². The van der Waals surface area contributed by atoms with Gasteiger partial charge in [0.2, 0.25) is 0 Å². The molecule has 1 unspecified atom stereocenters. The van der Waals surface area contributed by atoms with Gasteiger partial charge in [0.1, 0.15) is 11.9 Å². The van der Waals surface area contributed by atoms with Crippen LogP contribution < -0.4 is 5.32 Å². The lowest BCUT2D eigenvalue weighted by molar-refractivity contribution is 0.733. The second-order valence-electron chi connectivity index (χ2n) is 11.6. The highest BCUT2D eigenvalue weighted by Gasteiger charge is 2.27. The minimum atomic E-state index is -0.0908. The normalized spacial score (nSPS) is 12.6. The molecule has 0 saturated carbocycles. The maximum atomic E-state index is 5.40. The average molecular weight is 536 g/mol. The molecular weight excluding hydrogens is 494 g/mol. The predicted octanol–water partition coefficient (Wildman–Crippen LogP) is 9.98. The molecule has 0 aliphatic carbocycles. The van der Waals surface area contributed by atoms with E-state index in [4.69, 9.17) is 4.98 Å². The third-order valence-corrected chi connectivity index (χ3v) is 8.97. The molecule has 3 nitrogen and oxygen atoms in total. The summed E-state index contributed by atoms with van der Waals surface area (Å²) < 4.78 is 3.54. The molecule has 0 aliphatic rings. The van der Waals surface area contributed by atoms with Crippen LogP contribution in [0.1, 0.15) is 89.7 Å². The van der Waals surface area contributed by atoms with Crippen LogP contribution in [-0.2, 0) is 7.05 Å². The van der Waals surface area contributed by atoms with Crippen molar-refractivity contribution < 1.29 is 0 Å².